The van der Waals surface area contributed by atoms with Crippen LogP contribution in [0.5, 0.6) is 0 Å². The molecule has 4 aromatic rings. The van der Waals surface area contributed by atoms with E-state index in [9.17, 15) is 4.79 Å². The van der Waals surface area contributed by atoms with E-state index in [2.05, 4.69) is 20.9 Å². The summed E-state index contributed by atoms with van der Waals surface area (Å²) in [5, 5.41) is 1.05. The average molecular weight is 313 g/mol. The summed E-state index contributed by atoms with van der Waals surface area (Å²) in [5.74, 6) is 0. The smallest absolute Gasteiger partial charge is 0.273 e. The minimum absolute atomic E-state index is 0.0817. The van der Waals surface area contributed by atoms with E-state index in [0.717, 1.165) is 26.4 Å². The van der Waals surface area contributed by atoms with E-state index in [4.69, 9.17) is 0 Å². The van der Waals surface area contributed by atoms with Crippen LogP contribution < -0.4 is 5.56 Å². The van der Waals surface area contributed by atoms with E-state index in [0.29, 0.717) is 5.52 Å². The van der Waals surface area contributed by atoms with Gasteiger partial charge in [0, 0.05) is 5.39 Å². The molecule has 3 nitrogen and oxygen atoms in total. The fourth-order valence-corrected chi connectivity index (χ4v) is 3.30. The van der Waals surface area contributed by atoms with Gasteiger partial charge in [-0.3, -0.25) is 4.79 Å². The lowest BCUT2D eigenvalue weighted by Crippen LogP contribution is -2.10. The number of aromatic amines is 1. The number of nitrogens with zero attached hydrogens (tertiary/aromatic N) is 1. The summed E-state index contributed by atoms with van der Waals surface area (Å²) in [4.78, 5) is 15.2. The van der Waals surface area contributed by atoms with Crippen molar-refractivity contribution in [3.63, 3.8) is 0 Å². The quantitative estimate of drug-likeness (QED) is 0.528. The zero-order valence-corrected chi connectivity index (χ0v) is 11.4. The van der Waals surface area contributed by atoms with Crippen LogP contribution in [0.2, 0.25) is 0 Å². The Balaban J connectivity index is 2.49. The van der Waals surface area contributed by atoms with Crippen LogP contribution in [0.3, 0.4) is 0 Å². The maximum atomic E-state index is 12.3. The largest absolute Gasteiger partial charge is 0.319 e. The molecule has 0 saturated carbocycles. The highest BCUT2D eigenvalue weighted by Crippen LogP contribution is 2.31. The molecule has 2 aromatic heterocycles. The number of rotatable bonds is 0. The van der Waals surface area contributed by atoms with Gasteiger partial charge in [-0.05, 0) is 34.1 Å². The van der Waals surface area contributed by atoms with Gasteiger partial charge in [-0.2, -0.15) is 0 Å². The standard InChI is InChI=1S/C15H9BrN2O/c16-13-9-5-1-3-7-11(9)18-12-8-4-2-6-10(12)17-15(19)14(13)18/h1-8H,(H,17,19). The van der Waals surface area contributed by atoms with E-state index in [1.165, 1.54) is 0 Å². The minimum Gasteiger partial charge on any atom is -0.319 e. The first-order valence-electron chi connectivity index (χ1n) is 5.97. The fraction of sp³-hybridized carbons (Fsp3) is 0. The Labute approximate surface area is 116 Å². The van der Waals surface area contributed by atoms with Crippen LogP contribution in [0.25, 0.3) is 27.5 Å². The molecule has 0 aliphatic heterocycles. The van der Waals surface area contributed by atoms with Gasteiger partial charge in [-0.15, -0.1) is 0 Å². The van der Waals surface area contributed by atoms with Gasteiger partial charge in [0.05, 0.1) is 21.0 Å². The summed E-state index contributed by atoms with van der Waals surface area (Å²) >= 11 is 3.55. The summed E-state index contributed by atoms with van der Waals surface area (Å²) < 4.78 is 2.85. The number of hydrogen-bond donors (Lipinski definition) is 1. The highest BCUT2D eigenvalue weighted by Gasteiger charge is 2.14. The minimum atomic E-state index is -0.0817. The molecule has 1 N–H and O–H groups in total. The predicted octanol–water partition coefficient (Wildman–Crippen LogP) is 3.70. The average Bonchev–Trinajstić information content (AvgIpc) is 2.74. The maximum Gasteiger partial charge on any atom is 0.273 e. The summed E-state index contributed by atoms with van der Waals surface area (Å²) in [6, 6.07) is 15.8. The fourth-order valence-electron chi connectivity index (χ4n) is 2.61. The van der Waals surface area contributed by atoms with Gasteiger partial charge in [-0.1, -0.05) is 30.3 Å². The number of fused-ring (bicyclic) bond motifs is 5. The topological polar surface area (TPSA) is 37.3 Å². The van der Waals surface area contributed by atoms with Crippen molar-refractivity contribution in [2.45, 2.75) is 0 Å². The number of halogens is 1. The third-order valence-corrected chi connectivity index (χ3v) is 4.22. The number of aromatic nitrogens is 2. The Morgan fingerprint density at radius 3 is 2.47 bits per heavy atom. The monoisotopic (exact) mass is 312 g/mol. The van der Waals surface area contributed by atoms with Crippen molar-refractivity contribution in [2.75, 3.05) is 0 Å². The van der Waals surface area contributed by atoms with Crippen molar-refractivity contribution >= 4 is 43.4 Å². The van der Waals surface area contributed by atoms with Crippen LogP contribution >= 0.6 is 15.9 Å². The molecular formula is C15H9BrN2O. The normalized spacial score (nSPS) is 11.6. The van der Waals surface area contributed by atoms with E-state index in [-0.39, 0.29) is 5.56 Å². The summed E-state index contributed by atoms with van der Waals surface area (Å²) in [6.07, 6.45) is 0. The summed E-state index contributed by atoms with van der Waals surface area (Å²) in [5.41, 5.74) is 3.45. The highest BCUT2D eigenvalue weighted by molar-refractivity contribution is 9.10. The molecular weight excluding hydrogens is 304 g/mol. The Morgan fingerprint density at radius 2 is 1.63 bits per heavy atom. The molecule has 0 amide bonds. The molecule has 0 bridgehead atoms. The van der Waals surface area contributed by atoms with Crippen LogP contribution in [-0.2, 0) is 0 Å². The van der Waals surface area contributed by atoms with Crippen LogP contribution in [0.1, 0.15) is 0 Å². The Morgan fingerprint density at radius 1 is 0.947 bits per heavy atom. The second kappa shape index (κ2) is 3.71. The van der Waals surface area contributed by atoms with Crippen molar-refractivity contribution in [3.05, 3.63) is 63.4 Å². The number of benzene rings is 2. The lowest BCUT2D eigenvalue weighted by atomic mass is 10.2. The molecule has 0 fully saturated rings. The second-order valence-electron chi connectivity index (χ2n) is 4.49. The first kappa shape index (κ1) is 10.8. The highest BCUT2D eigenvalue weighted by atomic mass is 79.9. The lowest BCUT2D eigenvalue weighted by molar-refractivity contribution is 1.22. The van der Waals surface area contributed by atoms with Crippen molar-refractivity contribution in [3.8, 4) is 0 Å². The van der Waals surface area contributed by atoms with Gasteiger partial charge in [0.1, 0.15) is 5.52 Å². The van der Waals surface area contributed by atoms with Crippen LogP contribution in [-0.4, -0.2) is 9.38 Å². The van der Waals surface area contributed by atoms with Gasteiger partial charge >= 0.3 is 0 Å². The van der Waals surface area contributed by atoms with E-state index < -0.39 is 0 Å². The number of H-pyrrole nitrogens is 1. The molecule has 19 heavy (non-hydrogen) atoms. The zero-order valence-electron chi connectivity index (χ0n) is 9.85. The molecule has 4 heteroatoms. The molecule has 92 valence electrons. The molecule has 0 saturated heterocycles. The number of nitrogens with one attached hydrogen (secondary N) is 1. The van der Waals surface area contributed by atoms with Crippen molar-refractivity contribution in [1.82, 2.24) is 9.38 Å². The molecule has 4 rings (SSSR count). The van der Waals surface area contributed by atoms with Gasteiger partial charge < -0.3 is 9.38 Å². The molecule has 0 radical (unpaired) electrons. The van der Waals surface area contributed by atoms with Crippen LogP contribution in [0.4, 0.5) is 0 Å². The number of para-hydroxylation sites is 3. The molecule has 0 aliphatic rings. The SMILES string of the molecule is O=c1[nH]c2ccccc2n2c1c(Br)c1ccccc12. The maximum absolute atomic E-state index is 12.3. The van der Waals surface area contributed by atoms with Crippen LogP contribution in [0, 0.1) is 0 Å². The first-order chi connectivity index (χ1) is 9.27. The third-order valence-electron chi connectivity index (χ3n) is 3.42. The van der Waals surface area contributed by atoms with Crippen LogP contribution in [0.15, 0.2) is 57.8 Å². The van der Waals surface area contributed by atoms with E-state index >= 15 is 0 Å². The summed E-state index contributed by atoms with van der Waals surface area (Å²) in [7, 11) is 0. The molecule has 0 unspecified atom stereocenters. The Kier molecular flexibility index (Phi) is 2.11. The Hall–Kier alpha value is -2.07. The molecule has 2 aromatic carbocycles. The lowest BCUT2D eigenvalue weighted by Gasteiger charge is -2.03. The van der Waals surface area contributed by atoms with Crippen molar-refractivity contribution in [1.29, 1.82) is 0 Å². The van der Waals surface area contributed by atoms with Gasteiger partial charge in [0.25, 0.3) is 5.56 Å². The second-order valence-corrected chi connectivity index (χ2v) is 5.28. The third kappa shape index (κ3) is 1.35. The zero-order chi connectivity index (χ0) is 13.0. The van der Waals surface area contributed by atoms with Crippen molar-refractivity contribution in [2.24, 2.45) is 0 Å². The van der Waals surface area contributed by atoms with E-state index in [1.807, 2.05) is 52.9 Å². The predicted molar refractivity (Wildman–Crippen MR) is 80.7 cm³/mol. The molecule has 0 spiro atoms. The van der Waals surface area contributed by atoms with Gasteiger partial charge in [-0.25, -0.2) is 0 Å². The molecule has 0 atom stereocenters. The van der Waals surface area contributed by atoms with Gasteiger partial charge in [0.15, 0.2) is 0 Å². The molecule has 0 aliphatic carbocycles. The summed E-state index contributed by atoms with van der Waals surface area (Å²) in [6.45, 7) is 0. The Bertz CT molecular complexity index is 997. The first-order valence-corrected chi connectivity index (χ1v) is 6.76. The van der Waals surface area contributed by atoms with E-state index in [1.54, 1.807) is 0 Å². The number of hydrogen-bond acceptors (Lipinski definition) is 1. The molecule has 2 heterocycles. The van der Waals surface area contributed by atoms with Gasteiger partial charge in [0.2, 0.25) is 0 Å². The van der Waals surface area contributed by atoms with Crippen molar-refractivity contribution < 1.29 is 0 Å².